The zero-order chi connectivity index (χ0) is 46.4. The summed E-state index contributed by atoms with van der Waals surface area (Å²) in [4.78, 5) is 55.6. The van der Waals surface area contributed by atoms with E-state index < -0.39 is 0 Å². The van der Waals surface area contributed by atoms with Gasteiger partial charge >= 0.3 is 17.9 Å². The van der Waals surface area contributed by atoms with Crippen molar-refractivity contribution in [2.45, 2.75) is 187 Å². The fourth-order valence-corrected chi connectivity index (χ4v) is 26.1. The van der Waals surface area contributed by atoms with Crippen LogP contribution in [0.25, 0.3) is 0 Å². The van der Waals surface area contributed by atoms with Crippen molar-refractivity contribution < 1.29 is 28.6 Å². The summed E-state index contributed by atoms with van der Waals surface area (Å²) in [5.74, 6) is 0.250. The molecule has 0 saturated carbocycles. The van der Waals surface area contributed by atoms with Crippen molar-refractivity contribution in [3.63, 3.8) is 0 Å². The average Bonchev–Trinajstić information content (AvgIpc) is 3.96. The van der Waals surface area contributed by atoms with Gasteiger partial charge in [0.15, 0.2) is 0 Å². The summed E-state index contributed by atoms with van der Waals surface area (Å²) in [5.41, 5.74) is 5.37. The number of carbonyl (C=O) groups is 3. The molecule has 0 amide bonds. The van der Waals surface area contributed by atoms with Crippen molar-refractivity contribution in [3.05, 3.63) is 39.3 Å². The molecule has 18 heteroatoms. The quantitative estimate of drug-likeness (QED) is 0.116. The Morgan fingerprint density at radius 3 is 0.578 bits per heavy atom. The second-order valence-electron chi connectivity index (χ2n) is 18.4. The first kappa shape index (κ1) is 49.3. The van der Waals surface area contributed by atoms with Crippen LogP contribution in [0, 0.1) is 5.92 Å². The minimum atomic E-state index is -0.295. The Balaban J connectivity index is 1.52. The Kier molecular flexibility index (Phi) is 13.1. The Bertz CT molecular complexity index is 2180. The first-order chi connectivity index (χ1) is 29.7. The molecule has 0 N–H and O–H groups in total. The van der Waals surface area contributed by atoms with Crippen molar-refractivity contribution in [1.82, 2.24) is 0 Å². The lowest BCUT2D eigenvalue weighted by Crippen LogP contribution is -2.18. The summed E-state index contributed by atoms with van der Waals surface area (Å²) in [6, 6.07) is 0. The third-order valence-electron chi connectivity index (χ3n) is 10.3. The highest BCUT2D eigenvalue weighted by molar-refractivity contribution is 8.23. The second-order valence-corrected chi connectivity index (χ2v) is 39.5. The first-order valence-electron chi connectivity index (χ1n) is 21.1. The highest BCUT2D eigenvalue weighted by atomic mass is 32.2. The molecule has 1 radical (unpaired) electrons. The Morgan fingerprint density at radius 1 is 0.297 bits per heavy atom. The summed E-state index contributed by atoms with van der Waals surface area (Å²) in [5, 5.41) is 0. The van der Waals surface area contributed by atoms with Crippen LogP contribution in [0.15, 0.2) is 58.7 Å². The predicted molar refractivity (Wildman–Crippen MR) is 283 cm³/mol. The third kappa shape index (κ3) is 8.56. The van der Waals surface area contributed by atoms with Crippen molar-refractivity contribution >= 4 is 159 Å². The van der Waals surface area contributed by atoms with Crippen LogP contribution in [-0.2, 0) is 14.2 Å². The van der Waals surface area contributed by atoms with Gasteiger partial charge in [-0.25, -0.2) is 14.4 Å². The Morgan fingerprint density at radius 2 is 0.438 bits per heavy atom. The summed E-state index contributed by atoms with van der Waals surface area (Å²) in [7, 11) is 0. The average molecular weight is 1080 g/mol. The van der Waals surface area contributed by atoms with Crippen LogP contribution in [0.4, 0.5) is 0 Å². The highest BCUT2D eigenvalue weighted by Crippen LogP contribution is 2.74. The molecule has 6 aliphatic rings. The van der Waals surface area contributed by atoms with Gasteiger partial charge < -0.3 is 14.2 Å². The zero-order valence-electron chi connectivity index (χ0n) is 38.5. The predicted octanol–water partition coefficient (Wildman–Crippen LogP) is 16.8. The molecule has 0 atom stereocenters. The molecule has 0 aromatic heterocycles. The maximum Gasteiger partial charge on any atom is 0.340 e. The van der Waals surface area contributed by atoms with Crippen LogP contribution in [-0.4, -0.2) is 62.2 Å². The number of esters is 3. The lowest BCUT2D eigenvalue weighted by Gasteiger charge is -2.31. The van der Waals surface area contributed by atoms with Gasteiger partial charge in [-0.2, -0.15) is 0 Å². The topological polar surface area (TPSA) is 78.9 Å². The fraction of sp³-hybridized carbons (Fsp3) is 0.522. The summed E-state index contributed by atoms with van der Waals surface area (Å²) < 4.78 is 16.0. The lowest BCUT2D eigenvalue weighted by molar-refractivity contribution is 0.0507. The van der Waals surface area contributed by atoms with Crippen LogP contribution >= 0.6 is 141 Å². The molecule has 0 saturated heterocycles. The molecule has 0 fully saturated rings. The van der Waals surface area contributed by atoms with E-state index in [4.69, 9.17) is 14.2 Å². The van der Waals surface area contributed by atoms with Crippen LogP contribution in [0.5, 0.6) is 0 Å². The molecule has 64 heavy (non-hydrogen) atoms. The molecule has 0 spiro atoms. The lowest BCUT2D eigenvalue weighted by atomic mass is 9.83. The number of rotatable bonds is 9. The molecule has 9 rings (SSSR count). The summed E-state index contributed by atoms with van der Waals surface area (Å²) >= 11 is 21.5. The van der Waals surface area contributed by atoms with Gasteiger partial charge in [-0.3, -0.25) is 0 Å². The number of fused-ring (bicyclic) bond motifs is 6. The molecule has 3 aromatic rings. The smallest absolute Gasteiger partial charge is 0.340 e. The molecule has 0 unspecified atom stereocenters. The minimum absolute atomic E-state index is 0.283. The zero-order valence-corrected chi connectivity index (χ0v) is 48.3. The van der Waals surface area contributed by atoms with Gasteiger partial charge in [-0.05, 0) is 121 Å². The standard InChI is InChI=1S/C46H51O6S12/c1-16-50-38(47)23-32-26(53-41(4,5)59-32)20(27-33(23)60-42(6,7)54-27)19(21-28-34(61-43(8,9)55-28)24(39(48)51-17-2)35-29(21)56-44(10,11)62-35)22-30-36(63-45(12,13)57-30)25(40(49)52-18-3)37-31(22)58-46(14,15)64-37/h16-18H2,1-15H3. The molecule has 3 aromatic carbocycles. The molecule has 0 aliphatic carbocycles. The van der Waals surface area contributed by atoms with E-state index in [1.807, 2.05) is 91.3 Å². The SMILES string of the molecule is CCOC(=O)c1c2c(c([C](c3c4c(c(C(=O)OCC)c5c3SC(C)(C)S5)SC(C)(C)S4)c3c4c(c(C(=O)OCC)c5c3SC(C)(C)S5)SC(C)(C)S4)c3c1SC(C)(C)S3)SC(C)(C)S2. The van der Waals surface area contributed by atoms with Gasteiger partial charge in [-0.1, -0.05) is 0 Å². The van der Waals surface area contributed by atoms with Gasteiger partial charge in [0.2, 0.25) is 0 Å². The molecule has 0 bridgehead atoms. The number of hydrogen-bond acceptors (Lipinski definition) is 18. The maximum atomic E-state index is 14.4. The molecule has 6 heterocycles. The fourth-order valence-electron chi connectivity index (χ4n) is 8.45. The van der Waals surface area contributed by atoms with E-state index in [2.05, 4.69) is 83.1 Å². The van der Waals surface area contributed by atoms with E-state index in [9.17, 15) is 14.4 Å². The van der Waals surface area contributed by atoms with Crippen LogP contribution < -0.4 is 0 Å². The molecule has 343 valence electrons. The van der Waals surface area contributed by atoms with Gasteiger partial charge in [0, 0.05) is 58.7 Å². The van der Waals surface area contributed by atoms with Crippen LogP contribution in [0.1, 0.15) is 152 Å². The molecular weight excluding hydrogens is 1030 g/mol. The van der Waals surface area contributed by atoms with Crippen LogP contribution in [0.3, 0.4) is 0 Å². The first-order valence-corrected chi connectivity index (χ1v) is 30.9. The third-order valence-corrected chi connectivity index (χ3v) is 27.3. The second kappa shape index (κ2) is 17.0. The van der Waals surface area contributed by atoms with Crippen molar-refractivity contribution in [1.29, 1.82) is 0 Å². The number of ether oxygens (including phenoxy) is 3. The molecule has 6 nitrogen and oxygen atoms in total. The van der Waals surface area contributed by atoms with Crippen LogP contribution in [0.2, 0.25) is 0 Å². The monoisotopic (exact) mass is 1080 g/mol. The van der Waals surface area contributed by atoms with Crippen molar-refractivity contribution in [2.75, 3.05) is 19.8 Å². The molecular formula is C46H51O6S12. The van der Waals surface area contributed by atoms with E-state index >= 15 is 0 Å². The largest absolute Gasteiger partial charge is 0.462 e. The van der Waals surface area contributed by atoms with Crippen molar-refractivity contribution in [3.8, 4) is 0 Å². The summed E-state index contributed by atoms with van der Waals surface area (Å²) in [6.07, 6.45) is 0. The van der Waals surface area contributed by atoms with E-state index in [1.54, 1.807) is 70.6 Å². The minimum Gasteiger partial charge on any atom is -0.462 e. The number of benzene rings is 3. The summed E-state index contributed by atoms with van der Waals surface area (Å²) in [6.45, 7) is 33.4. The van der Waals surface area contributed by atoms with E-state index in [1.165, 1.54) is 0 Å². The van der Waals surface area contributed by atoms with Crippen molar-refractivity contribution in [2.24, 2.45) is 0 Å². The van der Waals surface area contributed by atoms with Gasteiger partial charge in [0.05, 0.1) is 66.9 Å². The van der Waals surface area contributed by atoms with E-state index in [0.717, 1.165) is 81.4 Å². The van der Waals surface area contributed by atoms with Gasteiger partial charge in [-0.15, -0.1) is 141 Å². The Labute approximate surface area is 429 Å². The molecule has 6 aliphatic heterocycles. The highest BCUT2D eigenvalue weighted by Gasteiger charge is 2.54. The number of carbonyl (C=O) groups excluding carboxylic acids is 3. The maximum absolute atomic E-state index is 14.4. The van der Waals surface area contributed by atoms with E-state index in [0.29, 0.717) is 16.7 Å². The van der Waals surface area contributed by atoms with Gasteiger partial charge in [0.25, 0.3) is 0 Å². The normalized spacial score (nSPS) is 21.6. The number of hydrogen-bond donors (Lipinski definition) is 0. The number of thioether (sulfide) groups is 12. The van der Waals surface area contributed by atoms with Gasteiger partial charge in [0.1, 0.15) is 0 Å². The van der Waals surface area contributed by atoms with E-state index in [-0.39, 0.29) is 62.2 Å². The Hall–Kier alpha value is 0.270.